The van der Waals surface area contributed by atoms with E-state index in [1.165, 1.54) is 12.2 Å². The molecule has 0 radical (unpaired) electrons. The first kappa shape index (κ1) is 53.1. The van der Waals surface area contributed by atoms with E-state index >= 15 is 0 Å². The predicted octanol–water partition coefficient (Wildman–Crippen LogP) is 9.76. The highest BCUT2D eigenvalue weighted by Gasteiger charge is 2.37. The van der Waals surface area contributed by atoms with Crippen LogP contribution in [0.1, 0.15) is 71.3 Å². The lowest BCUT2D eigenvalue weighted by atomic mass is 9.87. The van der Waals surface area contributed by atoms with Crippen molar-refractivity contribution in [3.8, 4) is 45.5 Å². The molecule has 17 nitrogen and oxygen atoms in total. The van der Waals surface area contributed by atoms with Crippen molar-refractivity contribution in [1.29, 1.82) is 0 Å². The van der Waals surface area contributed by atoms with Gasteiger partial charge in [0.15, 0.2) is 0 Å². The van der Waals surface area contributed by atoms with Gasteiger partial charge in [0.1, 0.15) is 57.1 Å². The quantitative estimate of drug-likeness (QED) is 0.0469. The maximum absolute atomic E-state index is 12.5. The van der Waals surface area contributed by atoms with E-state index < -0.39 is 17.8 Å². The highest BCUT2D eigenvalue weighted by Crippen LogP contribution is 2.42. The number of benzene rings is 4. The van der Waals surface area contributed by atoms with Crippen LogP contribution in [0.5, 0.6) is 23.0 Å². The topological polar surface area (TPSA) is 234 Å². The molecule has 2 atom stereocenters. The van der Waals surface area contributed by atoms with E-state index in [4.69, 9.17) is 36.2 Å². The van der Waals surface area contributed by atoms with Crippen molar-refractivity contribution in [1.82, 2.24) is 29.8 Å². The number of allylic oxidation sites excluding steroid dienone is 1. The van der Waals surface area contributed by atoms with Crippen molar-refractivity contribution in [2.45, 2.75) is 50.6 Å². The summed E-state index contributed by atoms with van der Waals surface area (Å²) in [7, 11) is 0. The van der Waals surface area contributed by atoms with Crippen LogP contribution in [0.4, 0.5) is 11.6 Å². The predicted molar refractivity (Wildman–Crippen MR) is 293 cm³/mol. The molecule has 10 rings (SSSR count). The van der Waals surface area contributed by atoms with E-state index in [1.807, 2.05) is 123 Å². The summed E-state index contributed by atoms with van der Waals surface area (Å²) >= 11 is 6.20. The number of carboxylic acids is 1. The Morgan fingerprint density at radius 1 is 0.608 bits per heavy atom. The number of hydrogen-bond donors (Lipinski definition) is 6. The van der Waals surface area contributed by atoms with Gasteiger partial charge in [0.25, 0.3) is 11.8 Å². The monoisotopic (exact) mass is 1130 g/mol. The van der Waals surface area contributed by atoms with Crippen molar-refractivity contribution >= 4 is 67.2 Å². The largest absolute Gasteiger partial charge is 0.478 e. The van der Waals surface area contributed by atoms with Crippen LogP contribution in [0.3, 0.4) is 0 Å². The number of anilines is 2. The highest BCUT2D eigenvalue weighted by atomic mass is 79.9. The molecule has 4 aliphatic heterocycles. The second-order valence-corrected chi connectivity index (χ2v) is 19.3. The molecule has 386 valence electrons. The number of primary amides is 2. The molecule has 6 heterocycles. The van der Waals surface area contributed by atoms with Crippen LogP contribution in [0.25, 0.3) is 22.5 Å². The van der Waals surface area contributed by atoms with Crippen molar-refractivity contribution in [2.75, 3.05) is 55.2 Å². The van der Waals surface area contributed by atoms with Crippen LogP contribution in [0.15, 0.2) is 132 Å². The van der Waals surface area contributed by atoms with Crippen LogP contribution in [-0.2, 0) is 9.59 Å². The molecule has 0 unspecified atom stereocenters. The number of alkyl halides is 1. The van der Waals surface area contributed by atoms with Gasteiger partial charge >= 0.3 is 5.97 Å². The van der Waals surface area contributed by atoms with Crippen molar-refractivity contribution < 1.29 is 33.8 Å². The Labute approximate surface area is 446 Å². The van der Waals surface area contributed by atoms with Gasteiger partial charge in [-0.1, -0.05) is 74.3 Å². The number of hydrogen-bond acceptors (Lipinski definition) is 11. The summed E-state index contributed by atoms with van der Waals surface area (Å²) in [6, 6.07) is 34.8. The third-order valence-corrected chi connectivity index (χ3v) is 14.1. The number of nitrogens with one attached hydrogen (secondary N) is 3. The fourth-order valence-electron chi connectivity index (χ4n) is 10.0. The minimum Gasteiger partial charge on any atom is -0.478 e. The lowest BCUT2D eigenvalue weighted by Crippen LogP contribution is -2.41. The number of para-hydroxylation sites is 2. The summed E-state index contributed by atoms with van der Waals surface area (Å²) in [6.07, 6.45) is 10.1. The number of likely N-dealkylation sites (tertiary alicyclic amines) is 1. The molecule has 3 amide bonds. The SMILES string of the molecule is NC(=O)c1c(-c2ccc(Oc3ccccc3)cc2)nn2c1NCC[C@H]2C1CCN(C(=O)/C=C/Br)CC1.NC(=O)c1c(-c2ccc(Oc3ccccc3)cc2)nn2c1NCC[C@H]2C1CCNCC1.O=C(O)/C=C/CBr. The smallest absolute Gasteiger partial charge is 0.328 e. The van der Waals surface area contributed by atoms with Gasteiger partial charge in [0, 0.05) is 54.8 Å². The van der Waals surface area contributed by atoms with E-state index in [0.717, 1.165) is 105 Å². The zero-order valence-electron chi connectivity index (χ0n) is 40.7. The Bertz CT molecular complexity index is 2920. The molecule has 0 bridgehead atoms. The summed E-state index contributed by atoms with van der Waals surface area (Å²) in [6.45, 7) is 5.04. The summed E-state index contributed by atoms with van der Waals surface area (Å²) < 4.78 is 15.8. The van der Waals surface area contributed by atoms with Crippen LogP contribution < -0.4 is 36.9 Å². The number of ether oxygens (including phenoxy) is 2. The first-order valence-electron chi connectivity index (χ1n) is 24.7. The van der Waals surface area contributed by atoms with Crippen molar-refractivity contribution in [3.05, 3.63) is 144 Å². The summed E-state index contributed by atoms with van der Waals surface area (Å²) in [5.74, 6) is 3.45. The average molecular weight is 1130 g/mol. The van der Waals surface area contributed by atoms with Gasteiger partial charge in [0.05, 0.1) is 12.1 Å². The maximum Gasteiger partial charge on any atom is 0.328 e. The number of fused-ring (bicyclic) bond motifs is 2. The molecule has 0 saturated carbocycles. The lowest BCUT2D eigenvalue weighted by Gasteiger charge is -2.38. The van der Waals surface area contributed by atoms with Gasteiger partial charge in [-0.05, 0) is 141 Å². The molecule has 2 aromatic heterocycles. The molecular formula is C55H60Br2N10O7. The number of carbonyl (C=O) groups is 4. The second-order valence-electron chi connectivity index (χ2n) is 18.1. The second kappa shape index (κ2) is 25.6. The van der Waals surface area contributed by atoms with Gasteiger partial charge in [-0.15, -0.1) is 0 Å². The fourth-order valence-corrected chi connectivity index (χ4v) is 10.4. The molecule has 0 spiro atoms. The first-order chi connectivity index (χ1) is 36.0. The number of nitrogens with two attached hydrogens (primary N) is 2. The molecule has 2 fully saturated rings. The number of aromatic nitrogens is 4. The first-order valence-corrected chi connectivity index (χ1v) is 26.8. The number of nitrogens with zero attached hydrogens (tertiary/aromatic N) is 5. The van der Waals surface area contributed by atoms with Gasteiger partial charge in [-0.25, -0.2) is 14.2 Å². The molecule has 74 heavy (non-hydrogen) atoms. The molecule has 4 aromatic carbocycles. The highest BCUT2D eigenvalue weighted by molar-refractivity contribution is 9.11. The number of rotatable bonds is 13. The van der Waals surface area contributed by atoms with Crippen molar-refractivity contribution in [2.24, 2.45) is 23.3 Å². The molecule has 19 heteroatoms. The summed E-state index contributed by atoms with van der Waals surface area (Å²) in [4.78, 5) is 50.3. The summed E-state index contributed by atoms with van der Waals surface area (Å²) in [5, 5.41) is 28.5. The van der Waals surface area contributed by atoms with Gasteiger partial charge in [0.2, 0.25) is 5.91 Å². The van der Waals surface area contributed by atoms with E-state index in [-0.39, 0.29) is 18.0 Å². The van der Waals surface area contributed by atoms with Crippen molar-refractivity contribution in [3.63, 3.8) is 0 Å². The minimum absolute atomic E-state index is 0.0217. The standard InChI is InChI=1S/C27H28BrN5O3.C24H27N5O2.C4H5BrO2/c28-14-10-23(34)32-16-12-18(13-17-32)22-11-15-30-27-24(26(29)35)25(31-33(22)27)19-6-8-21(9-7-19)36-20-4-2-1-3-5-20;25-23(30)21-22(17-6-8-19(9-7-17)31-18-4-2-1-3-5-18)28-29-20(12-15-27-24(21)29)16-10-13-26-14-11-16;5-3-1-2-4(6)7/h1-10,14,18,22,30H,11-13,15-17H2,(H2,29,35);1-9,16,20,26-27H,10-15H2,(H2,25,30);1-2H,3H2,(H,6,7)/b14-10+;;2-1+/t22-;20-;/m00./s1. The zero-order valence-corrected chi connectivity index (χ0v) is 43.9. The Kier molecular flexibility index (Phi) is 18.4. The molecule has 8 N–H and O–H groups in total. The fraction of sp³-hybridized carbons (Fsp3) is 0.309. The number of carbonyl (C=O) groups excluding carboxylic acids is 3. The Balaban J connectivity index is 0.000000176. The summed E-state index contributed by atoms with van der Waals surface area (Å²) in [5.41, 5.74) is 15.4. The van der Waals surface area contributed by atoms with Crippen LogP contribution in [0.2, 0.25) is 0 Å². The minimum atomic E-state index is -0.903. The number of carboxylic acid groups (broad SMARTS) is 1. The molecule has 6 aromatic rings. The number of amides is 3. The molecule has 0 aliphatic carbocycles. The Morgan fingerprint density at radius 2 is 1.04 bits per heavy atom. The van der Waals surface area contributed by atoms with Crippen LogP contribution in [-0.4, -0.2) is 97.9 Å². The zero-order chi connectivity index (χ0) is 52.0. The Morgan fingerprint density at radius 3 is 1.43 bits per heavy atom. The average Bonchev–Trinajstić information content (AvgIpc) is 4.03. The maximum atomic E-state index is 12.5. The third kappa shape index (κ3) is 13.1. The molecule has 4 aliphatic rings. The van der Waals surface area contributed by atoms with Gasteiger partial charge in [-0.2, -0.15) is 10.2 Å². The lowest BCUT2D eigenvalue weighted by molar-refractivity contribution is -0.131. The van der Waals surface area contributed by atoms with E-state index in [0.29, 0.717) is 64.3 Å². The Hall–Kier alpha value is -7.22. The van der Waals surface area contributed by atoms with E-state index in [2.05, 4.69) is 47.8 Å². The van der Waals surface area contributed by atoms with Crippen LogP contribution in [0, 0.1) is 11.8 Å². The number of piperidine rings is 2. The van der Waals surface area contributed by atoms with E-state index in [9.17, 15) is 19.2 Å². The number of halogens is 2. The number of aliphatic carboxylic acids is 1. The van der Waals surface area contributed by atoms with Gasteiger partial charge in [-0.3, -0.25) is 14.4 Å². The molecular weight excluding hydrogens is 1070 g/mol. The third-order valence-electron chi connectivity index (χ3n) is 13.5. The normalized spacial score (nSPS) is 17.6. The van der Waals surface area contributed by atoms with Crippen LogP contribution >= 0.6 is 31.9 Å². The van der Waals surface area contributed by atoms with E-state index in [1.54, 1.807) is 4.99 Å². The molecule has 2 saturated heterocycles. The van der Waals surface area contributed by atoms with Gasteiger partial charge < -0.3 is 46.9 Å².